The Hall–Kier alpha value is -2.29. The summed E-state index contributed by atoms with van der Waals surface area (Å²) in [4.78, 5) is 12.5. The van der Waals surface area contributed by atoms with E-state index >= 15 is 0 Å². The van der Waals surface area contributed by atoms with Crippen LogP contribution in [-0.4, -0.2) is 12.0 Å². The average Bonchev–Trinajstić information content (AvgIpc) is 2.55. The summed E-state index contributed by atoms with van der Waals surface area (Å²) in [6.45, 7) is 8.00. The molecule has 2 rings (SSSR count). The van der Waals surface area contributed by atoms with Gasteiger partial charge in [0.1, 0.15) is 5.75 Å². The lowest BCUT2D eigenvalue weighted by Crippen LogP contribution is -2.40. The van der Waals surface area contributed by atoms with Crippen molar-refractivity contribution in [3.05, 3.63) is 65.7 Å². The number of hydrogen-bond acceptors (Lipinski definition) is 2. The number of amides is 1. The predicted octanol–water partition coefficient (Wildman–Crippen LogP) is 4.28. The summed E-state index contributed by atoms with van der Waals surface area (Å²) >= 11 is 0. The normalized spacial score (nSPS) is 13.4. The van der Waals surface area contributed by atoms with Crippen molar-refractivity contribution in [2.75, 3.05) is 0 Å². The topological polar surface area (TPSA) is 38.3 Å². The van der Waals surface area contributed by atoms with Crippen molar-refractivity contribution in [1.29, 1.82) is 0 Å². The van der Waals surface area contributed by atoms with Gasteiger partial charge in [-0.3, -0.25) is 4.79 Å². The Kier molecular flexibility index (Phi) is 5.80. The number of nitrogens with one attached hydrogen (secondary N) is 1. The quantitative estimate of drug-likeness (QED) is 0.865. The van der Waals surface area contributed by atoms with E-state index in [0.717, 1.165) is 5.56 Å². The standard InChI is InChI=1S/C20H25NO2/c1-14(2)19(17-8-6-5-7-9-17)21-20(22)16(4)23-18-12-10-15(3)11-13-18/h5-14,16,19H,1-4H3,(H,21,22). The fourth-order valence-corrected chi connectivity index (χ4v) is 2.44. The molecule has 0 spiro atoms. The molecule has 0 heterocycles. The first kappa shape index (κ1) is 17.1. The Balaban J connectivity index is 2.02. The molecular weight excluding hydrogens is 286 g/mol. The molecular formula is C20H25NO2. The lowest BCUT2D eigenvalue weighted by atomic mass is 9.96. The van der Waals surface area contributed by atoms with Crippen molar-refractivity contribution < 1.29 is 9.53 Å². The lowest BCUT2D eigenvalue weighted by molar-refractivity contribution is -0.128. The van der Waals surface area contributed by atoms with Crippen LogP contribution in [0.4, 0.5) is 0 Å². The monoisotopic (exact) mass is 311 g/mol. The Morgan fingerprint density at radius 2 is 1.57 bits per heavy atom. The van der Waals surface area contributed by atoms with Gasteiger partial charge in [0.05, 0.1) is 6.04 Å². The first-order chi connectivity index (χ1) is 11.0. The third-order valence-electron chi connectivity index (χ3n) is 3.83. The largest absolute Gasteiger partial charge is 0.481 e. The van der Waals surface area contributed by atoms with Gasteiger partial charge in [-0.25, -0.2) is 0 Å². The summed E-state index contributed by atoms with van der Waals surface area (Å²) in [5, 5.41) is 3.10. The third kappa shape index (κ3) is 4.85. The molecule has 3 heteroatoms. The molecule has 1 amide bonds. The fraction of sp³-hybridized carbons (Fsp3) is 0.350. The molecule has 2 unspecified atom stereocenters. The van der Waals surface area contributed by atoms with Gasteiger partial charge in [0, 0.05) is 0 Å². The van der Waals surface area contributed by atoms with E-state index in [1.165, 1.54) is 5.56 Å². The highest BCUT2D eigenvalue weighted by molar-refractivity contribution is 5.81. The molecule has 0 aromatic heterocycles. The van der Waals surface area contributed by atoms with Crippen LogP contribution in [0.1, 0.15) is 37.9 Å². The number of carbonyl (C=O) groups is 1. The third-order valence-corrected chi connectivity index (χ3v) is 3.83. The zero-order valence-corrected chi connectivity index (χ0v) is 14.2. The van der Waals surface area contributed by atoms with E-state index in [4.69, 9.17) is 4.74 Å². The molecule has 0 aliphatic carbocycles. The van der Waals surface area contributed by atoms with Crippen molar-refractivity contribution in [2.45, 2.75) is 39.8 Å². The Morgan fingerprint density at radius 1 is 0.957 bits per heavy atom. The second-order valence-electron chi connectivity index (χ2n) is 6.21. The van der Waals surface area contributed by atoms with Crippen molar-refractivity contribution in [1.82, 2.24) is 5.32 Å². The average molecular weight is 311 g/mol. The van der Waals surface area contributed by atoms with Crippen LogP contribution >= 0.6 is 0 Å². The maximum absolute atomic E-state index is 12.5. The van der Waals surface area contributed by atoms with Gasteiger partial charge >= 0.3 is 0 Å². The highest BCUT2D eigenvalue weighted by Crippen LogP contribution is 2.22. The summed E-state index contributed by atoms with van der Waals surface area (Å²) < 4.78 is 5.74. The minimum absolute atomic E-state index is 0.0206. The summed E-state index contributed by atoms with van der Waals surface area (Å²) in [6.07, 6.45) is -0.539. The number of aryl methyl sites for hydroxylation is 1. The van der Waals surface area contributed by atoms with Crippen LogP contribution in [0.5, 0.6) is 5.75 Å². The molecule has 3 nitrogen and oxygen atoms in total. The van der Waals surface area contributed by atoms with Crippen LogP contribution in [0.25, 0.3) is 0 Å². The van der Waals surface area contributed by atoms with E-state index in [1.54, 1.807) is 6.92 Å². The summed E-state index contributed by atoms with van der Waals surface area (Å²) in [5.74, 6) is 0.903. The molecule has 0 saturated heterocycles. The molecule has 2 aromatic rings. The van der Waals surface area contributed by atoms with Crippen LogP contribution in [0.2, 0.25) is 0 Å². The molecule has 0 saturated carbocycles. The van der Waals surface area contributed by atoms with Gasteiger partial charge in [-0.2, -0.15) is 0 Å². The molecule has 23 heavy (non-hydrogen) atoms. The molecule has 2 aromatic carbocycles. The highest BCUT2D eigenvalue weighted by Gasteiger charge is 2.22. The van der Waals surface area contributed by atoms with Gasteiger partial charge in [0.15, 0.2) is 6.10 Å². The molecule has 0 aliphatic heterocycles. The highest BCUT2D eigenvalue weighted by atomic mass is 16.5. The number of rotatable bonds is 6. The van der Waals surface area contributed by atoms with Gasteiger partial charge in [0.25, 0.3) is 5.91 Å². The van der Waals surface area contributed by atoms with Gasteiger partial charge in [0.2, 0.25) is 0 Å². The van der Waals surface area contributed by atoms with Gasteiger partial charge in [-0.05, 0) is 37.5 Å². The van der Waals surface area contributed by atoms with Crippen molar-refractivity contribution in [3.63, 3.8) is 0 Å². The smallest absolute Gasteiger partial charge is 0.261 e. The molecule has 1 N–H and O–H groups in total. The van der Waals surface area contributed by atoms with E-state index in [2.05, 4.69) is 19.2 Å². The maximum Gasteiger partial charge on any atom is 0.261 e. The van der Waals surface area contributed by atoms with E-state index in [0.29, 0.717) is 11.7 Å². The van der Waals surface area contributed by atoms with Crippen LogP contribution in [0.3, 0.4) is 0 Å². The Bertz CT molecular complexity index is 620. The SMILES string of the molecule is Cc1ccc(OC(C)C(=O)NC(c2ccccc2)C(C)C)cc1. The lowest BCUT2D eigenvalue weighted by Gasteiger charge is -2.25. The number of carbonyl (C=O) groups excluding carboxylic acids is 1. The molecule has 0 aliphatic rings. The van der Waals surface area contributed by atoms with Crippen molar-refractivity contribution in [2.24, 2.45) is 5.92 Å². The first-order valence-electron chi connectivity index (χ1n) is 8.06. The first-order valence-corrected chi connectivity index (χ1v) is 8.06. The van der Waals surface area contributed by atoms with E-state index in [1.807, 2.05) is 61.5 Å². The molecule has 0 radical (unpaired) electrons. The van der Waals surface area contributed by atoms with Gasteiger partial charge in [-0.1, -0.05) is 61.9 Å². The summed E-state index contributed by atoms with van der Waals surface area (Å²) in [5.41, 5.74) is 2.27. The van der Waals surface area contributed by atoms with Gasteiger partial charge < -0.3 is 10.1 Å². The van der Waals surface area contributed by atoms with Crippen molar-refractivity contribution >= 4 is 5.91 Å². The zero-order valence-electron chi connectivity index (χ0n) is 14.2. The van der Waals surface area contributed by atoms with E-state index in [9.17, 15) is 4.79 Å². The Labute approximate surface area is 138 Å². The van der Waals surface area contributed by atoms with Crippen LogP contribution in [0.15, 0.2) is 54.6 Å². The minimum Gasteiger partial charge on any atom is -0.481 e. The van der Waals surface area contributed by atoms with Crippen LogP contribution < -0.4 is 10.1 Å². The second-order valence-corrected chi connectivity index (χ2v) is 6.21. The summed E-state index contributed by atoms with van der Waals surface area (Å²) in [6, 6.07) is 17.7. The predicted molar refractivity (Wildman–Crippen MR) is 93.4 cm³/mol. The number of benzene rings is 2. The minimum atomic E-state index is -0.539. The molecule has 122 valence electrons. The summed E-state index contributed by atoms with van der Waals surface area (Å²) in [7, 11) is 0. The molecule has 2 atom stereocenters. The fourth-order valence-electron chi connectivity index (χ4n) is 2.44. The molecule has 0 fully saturated rings. The zero-order chi connectivity index (χ0) is 16.8. The van der Waals surface area contributed by atoms with Crippen LogP contribution in [0, 0.1) is 12.8 Å². The number of hydrogen-bond donors (Lipinski definition) is 1. The second kappa shape index (κ2) is 7.82. The van der Waals surface area contributed by atoms with Gasteiger partial charge in [-0.15, -0.1) is 0 Å². The van der Waals surface area contributed by atoms with E-state index < -0.39 is 6.10 Å². The molecule has 0 bridgehead atoms. The number of ether oxygens (including phenoxy) is 1. The van der Waals surface area contributed by atoms with Crippen molar-refractivity contribution in [3.8, 4) is 5.75 Å². The van der Waals surface area contributed by atoms with Crippen LogP contribution in [-0.2, 0) is 4.79 Å². The van der Waals surface area contributed by atoms with E-state index in [-0.39, 0.29) is 11.9 Å². The maximum atomic E-state index is 12.5. The Morgan fingerprint density at radius 3 is 2.13 bits per heavy atom.